The number of benzene rings is 1. The van der Waals surface area contributed by atoms with Crippen molar-refractivity contribution in [1.82, 2.24) is 15.5 Å². The highest BCUT2D eigenvalue weighted by Gasteiger charge is 2.25. The van der Waals surface area contributed by atoms with E-state index in [1.807, 2.05) is 43.0 Å². The maximum absolute atomic E-state index is 12.2. The van der Waals surface area contributed by atoms with Crippen LogP contribution in [-0.4, -0.2) is 49.5 Å². The number of piperazine rings is 1. The number of amides is 2. The van der Waals surface area contributed by atoms with E-state index in [0.29, 0.717) is 31.8 Å². The predicted octanol–water partition coefficient (Wildman–Crippen LogP) is 1.55. The molecule has 2 N–H and O–H groups in total. The van der Waals surface area contributed by atoms with Crippen LogP contribution >= 0.6 is 0 Å². The van der Waals surface area contributed by atoms with Gasteiger partial charge in [0.25, 0.3) is 0 Å². The first kappa shape index (κ1) is 19.2. The summed E-state index contributed by atoms with van der Waals surface area (Å²) in [6.07, 6.45) is 0.942. The highest BCUT2D eigenvalue weighted by molar-refractivity contribution is 5.78. The molecular formula is C19H29N3O3. The molecule has 1 atom stereocenters. The van der Waals surface area contributed by atoms with Crippen LogP contribution in [0.4, 0.5) is 0 Å². The second-order valence-electron chi connectivity index (χ2n) is 6.92. The Morgan fingerprint density at radius 3 is 2.68 bits per heavy atom. The normalized spacial score (nSPS) is 17.4. The maximum Gasteiger partial charge on any atom is 0.222 e. The largest absolute Gasteiger partial charge is 0.497 e. The molecule has 1 aromatic rings. The molecule has 0 radical (unpaired) electrons. The Balaban J connectivity index is 1.76. The predicted molar refractivity (Wildman–Crippen MR) is 97.3 cm³/mol. The van der Waals surface area contributed by atoms with Crippen molar-refractivity contribution in [2.75, 3.05) is 26.7 Å². The second kappa shape index (κ2) is 9.42. The number of rotatable bonds is 7. The minimum Gasteiger partial charge on any atom is -0.497 e. The van der Waals surface area contributed by atoms with Gasteiger partial charge in [0.1, 0.15) is 5.75 Å². The van der Waals surface area contributed by atoms with E-state index in [9.17, 15) is 9.59 Å². The minimum absolute atomic E-state index is 0.00789. The summed E-state index contributed by atoms with van der Waals surface area (Å²) in [6.45, 7) is 6.64. The fraction of sp³-hybridized carbons (Fsp3) is 0.579. The van der Waals surface area contributed by atoms with Crippen LogP contribution in [0.25, 0.3) is 0 Å². The van der Waals surface area contributed by atoms with Gasteiger partial charge in [0.2, 0.25) is 11.8 Å². The number of nitrogens with zero attached hydrogens (tertiary/aromatic N) is 1. The summed E-state index contributed by atoms with van der Waals surface area (Å²) in [7, 11) is 1.63. The quantitative estimate of drug-likeness (QED) is 0.785. The lowest BCUT2D eigenvalue weighted by Gasteiger charge is -2.34. The third-order valence-electron chi connectivity index (χ3n) is 4.27. The molecule has 0 aliphatic carbocycles. The molecule has 1 fully saturated rings. The van der Waals surface area contributed by atoms with E-state index in [4.69, 9.17) is 4.74 Å². The molecule has 1 unspecified atom stereocenters. The molecule has 1 heterocycles. The minimum atomic E-state index is -0.00789. The first-order chi connectivity index (χ1) is 12.0. The Labute approximate surface area is 149 Å². The molecule has 0 saturated carbocycles. The topological polar surface area (TPSA) is 70.7 Å². The van der Waals surface area contributed by atoms with Crippen molar-refractivity contribution >= 4 is 11.8 Å². The maximum atomic E-state index is 12.2. The third-order valence-corrected chi connectivity index (χ3v) is 4.27. The summed E-state index contributed by atoms with van der Waals surface area (Å²) >= 11 is 0. The summed E-state index contributed by atoms with van der Waals surface area (Å²) in [5, 5.41) is 6.27. The molecule has 0 bridgehead atoms. The van der Waals surface area contributed by atoms with E-state index in [-0.39, 0.29) is 17.9 Å². The van der Waals surface area contributed by atoms with Gasteiger partial charge in [-0.3, -0.25) is 9.59 Å². The molecule has 1 aromatic carbocycles. The van der Waals surface area contributed by atoms with Crippen molar-refractivity contribution in [2.24, 2.45) is 5.92 Å². The molecule has 138 valence electrons. The summed E-state index contributed by atoms with van der Waals surface area (Å²) in [5.74, 6) is 1.33. The lowest BCUT2D eigenvalue weighted by Crippen LogP contribution is -2.54. The molecular weight excluding hydrogens is 318 g/mol. The molecule has 0 spiro atoms. The SMILES string of the molecule is COc1ccc(CNC(=O)CC2CN(C(=O)CC(C)C)CCN2)cc1. The third kappa shape index (κ3) is 6.38. The number of nitrogens with one attached hydrogen (secondary N) is 2. The highest BCUT2D eigenvalue weighted by atomic mass is 16.5. The van der Waals surface area contributed by atoms with Crippen molar-refractivity contribution in [3.63, 3.8) is 0 Å². The van der Waals surface area contributed by atoms with E-state index in [1.54, 1.807) is 7.11 Å². The van der Waals surface area contributed by atoms with Gasteiger partial charge in [0, 0.05) is 45.1 Å². The van der Waals surface area contributed by atoms with E-state index in [0.717, 1.165) is 24.4 Å². The van der Waals surface area contributed by atoms with Gasteiger partial charge in [-0.15, -0.1) is 0 Å². The van der Waals surface area contributed by atoms with E-state index < -0.39 is 0 Å². The molecule has 25 heavy (non-hydrogen) atoms. The summed E-state index contributed by atoms with van der Waals surface area (Å²) < 4.78 is 5.12. The molecule has 1 saturated heterocycles. The zero-order valence-electron chi connectivity index (χ0n) is 15.4. The Hall–Kier alpha value is -2.08. The number of methoxy groups -OCH3 is 1. The van der Waals surface area contributed by atoms with Crippen molar-refractivity contribution in [1.29, 1.82) is 0 Å². The van der Waals surface area contributed by atoms with E-state index in [2.05, 4.69) is 10.6 Å². The van der Waals surface area contributed by atoms with Crippen LogP contribution in [0.15, 0.2) is 24.3 Å². The summed E-state index contributed by atoms with van der Waals surface area (Å²) in [6, 6.07) is 7.64. The van der Waals surface area contributed by atoms with Crippen LogP contribution in [0.2, 0.25) is 0 Å². The van der Waals surface area contributed by atoms with Crippen LogP contribution in [0, 0.1) is 5.92 Å². The van der Waals surface area contributed by atoms with Gasteiger partial charge >= 0.3 is 0 Å². The van der Waals surface area contributed by atoms with Crippen molar-refractivity contribution in [3.8, 4) is 5.75 Å². The van der Waals surface area contributed by atoms with Gasteiger partial charge in [0.15, 0.2) is 0 Å². The van der Waals surface area contributed by atoms with Gasteiger partial charge in [-0.2, -0.15) is 0 Å². The fourth-order valence-electron chi connectivity index (χ4n) is 2.91. The fourth-order valence-corrected chi connectivity index (χ4v) is 2.91. The van der Waals surface area contributed by atoms with Crippen LogP contribution in [-0.2, 0) is 16.1 Å². The lowest BCUT2D eigenvalue weighted by molar-refractivity contribution is -0.134. The van der Waals surface area contributed by atoms with Crippen molar-refractivity contribution in [3.05, 3.63) is 29.8 Å². The lowest BCUT2D eigenvalue weighted by atomic mass is 10.1. The first-order valence-corrected chi connectivity index (χ1v) is 8.88. The van der Waals surface area contributed by atoms with Gasteiger partial charge < -0.3 is 20.3 Å². The summed E-state index contributed by atoms with van der Waals surface area (Å²) in [4.78, 5) is 26.2. The number of hydrogen-bond acceptors (Lipinski definition) is 4. The van der Waals surface area contributed by atoms with Crippen molar-refractivity contribution in [2.45, 2.75) is 39.3 Å². The van der Waals surface area contributed by atoms with Crippen LogP contribution < -0.4 is 15.4 Å². The van der Waals surface area contributed by atoms with Gasteiger partial charge in [-0.1, -0.05) is 26.0 Å². The van der Waals surface area contributed by atoms with Crippen LogP contribution in [0.1, 0.15) is 32.3 Å². The molecule has 6 heteroatoms. The van der Waals surface area contributed by atoms with Gasteiger partial charge in [-0.05, 0) is 23.6 Å². The zero-order valence-corrected chi connectivity index (χ0v) is 15.4. The standard InChI is InChI=1S/C19H29N3O3/c1-14(2)10-19(24)22-9-8-20-16(13-22)11-18(23)21-12-15-4-6-17(25-3)7-5-15/h4-7,14,16,20H,8-13H2,1-3H3,(H,21,23). The Morgan fingerprint density at radius 1 is 1.32 bits per heavy atom. The Kier molecular flexibility index (Phi) is 7.25. The number of carbonyl (C=O) groups excluding carboxylic acids is 2. The number of ether oxygens (including phenoxy) is 1. The average molecular weight is 347 g/mol. The first-order valence-electron chi connectivity index (χ1n) is 8.88. The highest BCUT2D eigenvalue weighted by Crippen LogP contribution is 2.12. The number of hydrogen-bond donors (Lipinski definition) is 2. The zero-order chi connectivity index (χ0) is 18.2. The molecule has 0 aromatic heterocycles. The van der Waals surface area contributed by atoms with Crippen LogP contribution in [0.5, 0.6) is 5.75 Å². The van der Waals surface area contributed by atoms with E-state index >= 15 is 0 Å². The molecule has 2 rings (SSSR count). The molecule has 6 nitrogen and oxygen atoms in total. The number of carbonyl (C=O) groups is 2. The van der Waals surface area contributed by atoms with Gasteiger partial charge in [0.05, 0.1) is 7.11 Å². The smallest absolute Gasteiger partial charge is 0.222 e. The molecule has 1 aliphatic rings. The monoisotopic (exact) mass is 347 g/mol. The van der Waals surface area contributed by atoms with E-state index in [1.165, 1.54) is 0 Å². The Morgan fingerprint density at radius 2 is 2.04 bits per heavy atom. The Bertz CT molecular complexity index is 572. The second-order valence-corrected chi connectivity index (χ2v) is 6.92. The van der Waals surface area contributed by atoms with Crippen molar-refractivity contribution < 1.29 is 14.3 Å². The molecule has 1 aliphatic heterocycles. The van der Waals surface area contributed by atoms with Crippen LogP contribution in [0.3, 0.4) is 0 Å². The van der Waals surface area contributed by atoms with Gasteiger partial charge in [-0.25, -0.2) is 0 Å². The summed E-state index contributed by atoms with van der Waals surface area (Å²) in [5.41, 5.74) is 1.03. The average Bonchev–Trinajstić information content (AvgIpc) is 2.60. The molecule has 2 amide bonds.